The van der Waals surface area contributed by atoms with Crippen LogP contribution in [0.2, 0.25) is 0 Å². The van der Waals surface area contributed by atoms with Crippen molar-refractivity contribution in [3.63, 3.8) is 0 Å². The van der Waals surface area contributed by atoms with Crippen LogP contribution in [0.1, 0.15) is 26.5 Å². The van der Waals surface area contributed by atoms with Crippen LogP contribution in [0.5, 0.6) is 0 Å². The van der Waals surface area contributed by atoms with Crippen LogP contribution in [0, 0.1) is 0 Å². The molecule has 13 nitrogen and oxygen atoms in total. The maximum absolute atomic E-state index is 12.6. The number of carboxylic acid groups (broad SMARTS) is 1. The third kappa shape index (κ3) is 4.20. The molecule has 0 aromatic carbocycles. The predicted octanol–water partition coefficient (Wildman–Crippen LogP) is -3.43. The SMILES string of the molecule is CC1C(NC(=O)C(=NOC(C)(C)C(=O)[O-])c2csc(N)[nH+]2)C(=O)N1S(=O)(=O)[O-]. The molecule has 2 heterocycles. The highest BCUT2D eigenvalue weighted by molar-refractivity contribution is 7.84. The highest BCUT2D eigenvalue weighted by Crippen LogP contribution is 2.23. The normalized spacial score (nSPS) is 20.5. The Morgan fingerprint density at radius 3 is 2.50 bits per heavy atom. The first-order valence-electron chi connectivity index (χ1n) is 7.60. The van der Waals surface area contributed by atoms with Crippen molar-refractivity contribution < 1.29 is 42.3 Å². The number of anilines is 1. The molecule has 1 aromatic heterocycles. The number of hydrogen-bond acceptors (Lipinski definition) is 11. The lowest BCUT2D eigenvalue weighted by molar-refractivity contribution is -0.356. The lowest BCUT2D eigenvalue weighted by atomic mass is 10.0. The van der Waals surface area contributed by atoms with E-state index in [4.69, 9.17) is 10.6 Å². The van der Waals surface area contributed by atoms with Gasteiger partial charge < -0.3 is 24.6 Å². The fraction of sp³-hybridized carbons (Fsp3) is 0.462. The fourth-order valence-corrected chi connectivity index (χ4v) is 3.59. The molecular weight excluding hydrogens is 418 g/mol. The van der Waals surface area contributed by atoms with Gasteiger partial charge in [0, 0.05) is 5.38 Å². The predicted molar refractivity (Wildman–Crippen MR) is 89.9 cm³/mol. The van der Waals surface area contributed by atoms with Gasteiger partial charge in [0.15, 0.2) is 21.6 Å². The second-order valence-electron chi connectivity index (χ2n) is 6.25. The van der Waals surface area contributed by atoms with Crippen LogP contribution in [0.3, 0.4) is 0 Å². The van der Waals surface area contributed by atoms with Gasteiger partial charge in [-0.3, -0.25) is 15.3 Å². The van der Waals surface area contributed by atoms with Crippen molar-refractivity contribution in [3.8, 4) is 0 Å². The molecular formula is C13H16N5O8S2-. The standard InChI is InChI=1S/C13H17N5O8S2/c1-5-7(10(20)18(5)28(23,24)25)16-9(19)8(6-4-27-12(14)15-6)17-26-13(2,3)11(21)22/h4-5,7H,1-3H3,(H2,14,15)(H,16,19)(H,21,22)(H,23,24,25)/p-1. The summed E-state index contributed by atoms with van der Waals surface area (Å²) >= 11 is 1.01. The molecule has 1 aromatic rings. The van der Waals surface area contributed by atoms with Crippen molar-refractivity contribution in [1.82, 2.24) is 9.62 Å². The number of carbonyl (C=O) groups excluding carboxylic acids is 3. The van der Waals surface area contributed by atoms with E-state index in [9.17, 15) is 32.5 Å². The first-order valence-corrected chi connectivity index (χ1v) is 9.84. The van der Waals surface area contributed by atoms with E-state index >= 15 is 0 Å². The second-order valence-corrected chi connectivity index (χ2v) is 8.41. The number of β-lactam (4-membered cyclic amide) rings is 1. The lowest BCUT2D eigenvalue weighted by Gasteiger charge is -2.45. The van der Waals surface area contributed by atoms with Gasteiger partial charge >= 0.3 is 5.13 Å². The Morgan fingerprint density at radius 2 is 2.07 bits per heavy atom. The molecule has 0 radical (unpaired) electrons. The van der Waals surface area contributed by atoms with Crippen molar-refractivity contribution >= 4 is 50.3 Å². The summed E-state index contributed by atoms with van der Waals surface area (Å²) in [7, 11) is -5.01. The molecule has 28 heavy (non-hydrogen) atoms. The monoisotopic (exact) mass is 434 g/mol. The largest absolute Gasteiger partial charge is 0.731 e. The van der Waals surface area contributed by atoms with E-state index in [0.717, 1.165) is 25.2 Å². The Morgan fingerprint density at radius 1 is 1.46 bits per heavy atom. The maximum atomic E-state index is 12.6. The highest BCUT2D eigenvalue weighted by Gasteiger charge is 2.49. The summed E-state index contributed by atoms with van der Waals surface area (Å²) in [6, 6.07) is -2.41. The van der Waals surface area contributed by atoms with E-state index in [2.05, 4.69) is 15.5 Å². The molecule has 1 aliphatic heterocycles. The molecule has 0 aliphatic carbocycles. The van der Waals surface area contributed by atoms with Crippen LogP contribution < -0.4 is 21.1 Å². The first-order chi connectivity index (χ1) is 12.8. The maximum Gasteiger partial charge on any atom is 0.329 e. The molecule has 2 rings (SSSR count). The zero-order valence-corrected chi connectivity index (χ0v) is 16.4. The van der Waals surface area contributed by atoms with Gasteiger partial charge in [0.1, 0.15) is 6.04 Å². The third-order valence-electron chi connectivity index (χ3n) is 3.75. The average molecular weight is 434 g/mol. The van der Waals surface area contributed by atoms with Gasteiger partial charge in [-0.25, -0.2) is 17.7 Å². The molecule has 2 unspecified atom stereocenters. The summed E-state index contributed by atoms with van der Waals surface area (Å²) in [6.45, 7) is 3.53. The minimum Gasteiger partial charge on any atom is -0.731 e. The molecule has 2 atom stereocenters. The van der Waals surface area contributed by atoms with E-state index in [0.29, 0.717) is 0 Å². The van der Waals surface area contributed by atoms with Crippen LogP contribution in [-0.2, 0) is 29.5 Å². The first kappa shape index (κ1) is 21.5. The Balaban J connectivity index is 2.26. The van der Waals surface area contributed by atoms with Crippen LogP contribution in [0.25, 0.3) is 0 Å². The quantitative estimate of drug-likeness (QED) is 0.189. The van der Waals surface area contributed by atoms with Crippen LogP contribution >= 0.6 is 11.3 Å². The number of nitrogen functional groups attached to an aromatic ring is 1. The van der Waals surface area contributed by atoms with E-state index in [1.807, 2.05) is 0 Å². The number of nitrogens with two attached hydrogens (primary N) is 1. The number of thiazole rings is 1. The summed E-state index contributed by atoms with van der Waals surface area (Å²) in [5.41, 5.74) is 3.29. The summed E-state index contributed by atoms with van der Waals surface area (Å²) in [5, 5.41) is 18.4. The molecule has 0 spiro atoms. The molecule has 1 aliphatic rings. The zero-order valence-electron chi connectivity index (χ0n) is 14.8. The number of nitrogens with zero attached hydrogens (tertiary/aromatic N) is 2. The molecule has 2 amide bonds. The van der Waals surface area contributed by atoms with E-state index in [-0.39, 0.29) is 15.1 Å². The van der Waals surface area contributed by atoms with Gasteiger partial charge in [-0.05, 0) is 20.8 Å². The minimum atomic E-state index is -5.01. The summed E-state index contributed by atoms with van der Waals surface area (Å²) < 4.78 is 33.1. The second kappa shape index (κ2) is 7.33. The molecule has 1 fully saturated rings. The minimum absolute atomic E-state index is 0.0573. The van der Waals surface area contributed by atoms with Crippen LogP contribution in [0.4, 0.5) is 5.13 Å². The molecule has 4 N–H and O–H groups in total. The number of aliphatic carboxylic acids is 1. The molecule has 0 saturated carbocycles. The van der Waals surface area contributed by atoms with Gasteiger partial charge in [0.2, 0.25) is 5.71 Å². The van der Waals surface area contributed by atoms with Gasteiger partial charge in [0.25, 0.3) is 11.8 Å². The number of oxime groups is 1. The number of amides is 2. The number of aromatic nitrogens is 1. The van der Waals surface area contributed by atoms with Crippen molar-refractivity contribution in [2.75, 3.05) is 5.73 Å². The zero-order chi connectivity index (χ0) is 21.4. The van der Waals surface area contributed by atoms with Crippen LogP contribution in [-0.4, -0.2) is 58.5 Å². The Bertz CT molecular complexity index is 954. The highest BCUT2D eigenvalue weighted by atomic mass is 32.2. The van der Waals surface area contributed by atoms with Gasteiger partial charge in [-0.1, -0.05) is 16.5 Å². The lowest BCUT2D eigenvalue weighted by Crippen LogP contribution is -2.71. The topological polar surface area (TPSA) is 208 Å². The number of rotatable bonds is 7. The number of nitrogens with one attached hydrogen (secondary N) is 2. The summed E-state index contributed by atoms with van der Waals surface area (Å²) in [4.78, 5) is 42.9. The molecule has 15 heteroatoms. The Kier molecular flexibility index (Phi) is 5.63. The Labute approximate surface area is 163 Å². The number of aromatic amines is 1. The van der Waals surface area contributed by atoms with E-state index in [1.54, 1.807) is 0 Å². The number of H-pyrrole nitrogens is 1. The fourth-order valence-electron chi connectivity index (χ4n) is 2.14. The van der Waals surface area contributed by atoms with Crippen molar-refractivity contribution in [3.05, 3.63) is 11.1 Å². The van der Waals surface area contributed by atoms with Gasteiger partial charge in [-0.15, -0.1) is 0 Å². The van der Waals surface area contributed by atoms with Crippen LogP contribution in [0.15, 0.2) is 10.5 Å². The third-order valence-corrected chi connectivity index (χ3v) is 5.46. The molecule has 154 valence electrons. The van der Waals surface area contributed by atoms with Gasteiger partial charge in [0.05, 0.1) is 12.0 Å². The number of carboxylic acids is 1. The average Bonchev–Trinajstić information content (AvgIpc) is 2.97. The van der Waals surface area contributed by atoms with Gasteiger partial charge in [-0.2, -0.15) is 0 Å². The summed E-state index contributed by atoms with van der Waals surface area (Å²) in [5.74, 6) is -3.69. The van der Waals surface area contributed by atoms with Crippen molar-refractivity contribution in [2.45, 2.75) is 38.5 Å². The Hall–Kier alpha value is -2.78. The van der Waals surface area contributed by atoms with Crippen molar-refractivity contribution in [1.29, 1.82) is 0 Å². The smallest absolute Gasteiger partial charge is 0.329 e. The number of carbonyl (C=O) groups is 3. The molecule has 0 bridgehead atoms. The van der Waals surface area contributed by atoms with Crippen molar-refractivity contribution in [2.24, 2.45) is 5.16 Å². The molecule has 1 saturated heterocycles. The number of hydrogen-bond donors (Lipinski definition) is 2. The van der Waals surface area contributed by atoms with E-state index in [1.165, 1.54) is 12.3 Å². The van der Waals surface area contributed by atoms with E-state index < -0.39 is 51.5 Å². The summed E-state index contributed by atoms with van der Waals surface area (Å²) in [6.07, 6.45) is 0.